The topological polar surface area (TPSA) is 80.3 Å². The predicted molar refractivity (Wildman–Crippen MR) is 68.8 cm³/mol. The summed E-state index contributed by atoms with van der Waals surface area (Å²) in [6.45, 7) is 0. The number of rotatable bonds is 3. The van der Waals surface area contributed by atoms with E-state index in [2.05, 4.69) is 4.72 Å². The third-order valence-corrected chi connectivity index (χ3v) is 6.28. The monoisotopic (exact) mass is 327 g/mol. The molecule has 1 fully saturated rings. The van der Waals surface area contributed by atoms with E-state index >= 15 is 0 Å². The molecule has 0 bridgehead atoms. The van der Waals surface area contributed by atoms with Gasteiger partial charge in [0.1, 0.15) is 10.7 Å². The SMILES string of the molecule is O=S1(=O)CCC(NS(=O)(=O)c2cc(Cl)ccc2F)C1. The van der Waals surface area contributed by atoms with Crippen LogP contribution in [0.3, 0.4) is 0 Å². The van der Waals surface area contributed by atoms with Crippen LogP contribution in [0.4, 0.5) is 4.39 Å². The molecule has 0 aliphatic carbocycles. The molecule has 1 aliphatic rings. The molecule has 2 rings (SSSR count). The standard InChI is InChI=1S/C10H11ClFNO4S2/c11-7-1-2-9(12)10(5-7)19(16,17)13-8-3-4-18(14,15)6-8/h1-2,5,8,13H,3-4,6H2. The van der Waals surface area contributed by atoms with E-state index in [0.29, 0.717) is 0 Å². The number of hydrogen-bond donors (Lipinski definition) is 1. The summed E-state index contributed by atoms with van der Waals surface area (Å²) in [7, 11) is -7.34. The highest BCUT2D eigenvalue weighted by molar-refractivity contribution is 7.92. The maximum atomic E-state index is 13.5. The molecule has 1 aromatic carbocycles. The molecule has 0 amide bonds. The molecule has 0 aromatic heterocycles. The van der Waals surface area contributed by atoms with Crippen LogP contribution >= 0.6 is 11.6 Å². The molecule has 1 saturated heterocycles. The van der Waals surface area contributed by atoms with Crippen molar-refractivity contribution in [2.24, 2.45) is 0 Å². The van der Waals surface area contributed by atoms with E-state index in [0.717, 1.165) is 12.1 Å². The smallest absolute Gasteiger partial charge is 0.229 e. The summed E-state index contributed by atoms with van der Waals surface area (Å²) in [6, 6.07) is 2.44. The molecule has 9 heteroatoms. The lowest BCUT2D eigenvalue weighted by Gasteiger charge is -2.12. The van der Waals surface area contributed by atoms with Gasteiger partial charge in [-0.15, -0.1) is 0 Å². The molecule has 1 aromatic rings. The zero-order chi connectivity index (χ0) is 14.3. The van der Waals surface area contributed by atoms with Gasteiger partial charge in [0, 0.05) is 11.1 Å². The van der Waals surface area contributed by atoms with E-state index in [4.69, 9.17) is 11.6 Å². The molecule has 0 saturated carbocycles. The van der Waals surface area contributed by atoms with Gasteiger partial charge in [0.2, 0.25) is 10.0 Å². The lowest BCUT2D eigenvalue weighted by Crippen LogP contribution is -2.36. The fourth-order valence-electron chi connectivity index (χ4n) is 1.85. The van der Waals surface area contributed by atoms with Gasteiger partial charge in [0.25, 0.3) is 0 Å². The summed E-state index contributed by atoms with van der Waals surface area (Å²) >= 11 is 5.63. The Hall–Kier alpha value is -0.700. The first-order chi connectivity index (χ1) is 8.70. The maximum Gasteiger partial charge on any atom is 0.243 e. The molecular formula is C10H11ClFNO4S2. The van der Waals surface area contributed by atoms with Gasteiger partial charge >= 0.3 is 0 Å². The van der Waals surface area contributed by atoms with Gasteiger partial charge in [-0.3, -0.25) is 0 Å². The van der Waals surface area contributed by atoms with E-state index in [9.17, 15) is 21.2 Å². The number of sulfonamides is 1. The van der Waals surface area contributed by atoms with Gasteiger partial charge in [-0.05, 0) is 24.6 Å². The van der Waals surface area contributed by atoms with Crippen LogP contribution in [0.1, 0.15) is 6.42 Å². The molecule has 1 atom stereocenters. The Kier molecular flexibility index (Phi) is 3.87. The summed E-state index contributed by atoms with van der Waals surface area (Å²) in [5, 5.41) is 0.0841. The zero-order valence-corrected chi connectivity index (χ0v) is 12.0. The number of benzene rings is 1. The second-order valence-corrected chi connectivity index (χ2v) is 8.64. The predicted octanol–water partition coefficient (Wildman–Crippen LogP) is 0.944. The van der Waals surface area contributed by atoms with E-state index in [1.165, 1.54) is 6.07 Å². The van der Waals surface area contributed by atoms with Crippen LogP contribution in [-0.2, 0) is 19.9 Å². The van der Waals surface area contributed by atoms with Crippen LogP contribution in [0, 0.1) is 5.82 Å². The molecule has 5 nitrogen and oxygen atoms in total. The van der Waals surface area contributed by atoms with Crippen LogP contribution in [0.15, 0.2) is 23.1 Å². The highest BCUT2D eigenvalue weighted by Gasteiger charge is 2.32. The minimum atomic E-state index is -4.12. The average Bonchev–Trinajstić information content (AvgIpc) is 2.60. The molecule has 0 radical (unpaired) electrons. The van der Waals surface area contributed by atoms with E-state index in [1.54, 1.807) is 0 Å². The fourth-order valence-corrected chi connectivity index (χ4v) is 5.24. The molecule has 106 valence electrons. The normalized spacial score (nSPS) is 22.5. The van der Waals surface area contributed by atoms with Crippen LogP contribution in [0.25, 0.3) is 0 Å². The average molecular weight is 328 g/mol. The molecule has 1 N–H and O–H groups in total. The van der Waals surface area contributed by atoms with Crippen molar-refractivity contribution < 1.29 is 21.2 Å². The van der Waals surface area contributed by atoms with Crippen LogP contribution in [-0.4, -0.2) is 34.4 Å². The number of nitrogens with one attached hydrogen (secondary N) is 1. The van der Waals surface area contributed by atoms with E-state index in [1.807, 2.05) is 0 Å². The first-order valence-electron chi connectivity index (χ1n) is 5.37. The Bertz CT molecular complexity index is 702. The first kappa shape index (κ1) is 14.7. The van der Waals surface area contributed by atoms with Gasteiger partial charge in [-0.25, -0.2) is 25.9 Å². The number of sulfone groups is 1. The Morgan fingerprint density at radius 2 is 2.05 bits per heavy atom. The molecular weight excluding hydrogens is 317 g/mol. The van der Waals surface area contributed by atoms with Gasteiger partial charge in [0.15, 0.2) is 9.84 Å². The molecule has 1 heterocycles. The quantitative estimate of drug-likeness (QED) is 0.896. The lowest BCUT2D eigenvalue weighted by molar-refractivity contribution is 0.544. The Balaban J connectivity index is 2.26. The van der Waals surface area contributed by atoms with Crippen LogP contribution in [0.2, 0.25) is 5.02 Å². The fraction of sp³-hybridized carbons (Fsp3) is 0.400. The zero-order valence-electron chi connectivity index (χ0n) is 9.64. The number of hydrogen-bond acceptors (Lipinski definition) is 4. The van der Waals surface area contributed by atoms with Crippen molar-refractivity contribution in [3.63, 3.8) is 0 Å². The van der Waals surface area contributed by atoms with Crippen molar-refractivity contribution in [2.45, 2.75) is 17.4 Å². The highest BCUT2D eigenvalue weighted by atomic mass is 35.5. The van der Waals surface area contributed by atoms with E-state index in [-0.39, 0.29) is 22.9 Å². The third kappa shape index (κ3) is 3.44. The Morgan fingerprint density at radius 1 is 1.37 bits per heavy atom. The molecule has 19 heavy (non-hydrogen) atoms. The van der Waals surface area contributed by atoms with Crippen molar-refractivity contribution in [1.29, 1.82) is 0 Å². The van der Waals surface area contributed by atoms with Gasteiger partial charge in [-0.2, -0.15) is 0 Å². The molecule has 0 spiro atoms. The Labute approximate surface area is 115 Å². The second-order valence-electron chi connectivity index (χ2n) is 4.30. The summed E-state index contributed by atoms with van der Waals surface area (Å²) in [5.41, 5.74) is 0. The lowest BCUT2D eigenvalue weighted by atomic mass is 10.3. The van der Waals surface area contributed by atoms with Crippen molar-refractivity contribution >= 4 is 31.5 Å². The third-order valence-electron chi connectivity index (χ3n) is 2.74. The van der Waals surface area contributed by atoms with Crippen LogP contribution < -0.4 is 4.72 Å². The highest BCUT2D eigenvalue weighted by Crippen LogP contribution is 2.21. The van der Waals surface area contributed by atoms with Gasteiger partial charge < -0.3 is 0 Å². The number of halogens is 2. The maximum absolute atomic E-state index is 13.5. The largest absolute Gasteiger partial charge is 0.243 e. The second kappa shape index (κ2) is 5.01. The minimum absolute atomic E-state index is 0.0712. The van der Waals surface area contributed by atoms with Crippen molar-refractivity contribution in [2.75, 3.05) is 11.5 Å². The summed E-state index contributed by atoms with van der Waals surface area (Å²) < 4.78 is 62.1. The summed E-state index contributed by atoms with van der Waals surface area (Å²) in [5.74, 6) is -1.27. The molecule has 1 unspecified atom stereocenters. The van der Waals surface area contributed by atoms with Gasteiger partial charge in [0.05, 0.1) is 11.5 Å². The summed E-state index contributed by atoms with van der Waals surface area (Å²) in [6.07, 6.45) is 0.184. The minimum Gasteiger partial charge on any atom is -0.229 e. The molecule has 1 aliphatic heterocycles. The van der Waals surface area contributed by atoms with Crippen molar-refractivity contribution in [3.8, 4) is 0 Å². The van der Waals surface area contributed by atoms with Gasteiger partial charge in [-0.1, -0.05) is 11.6 Å². The van der Waals surface area contributed by atoms with Crippen LogP contribution in [0.5, 0.6) is 0 Å². The van der Waals surface area contributed by atoms with Crippen molar-refractivity contribution in [3.05, 3.63) is 29.0 Å². The first-order valence-corrected chi connectivity index (χ1v) is 9.06. The Morgan fingerprint density at radius 3 is 2.63 bits per heavy atom. The van der Waals surface area contributed by atoms with E-state index < -0.39 is 36.6 Å². The van der Waals surface area contributed by atoms with Crippen molar-refractivity contribution in [1.82, 2.24) is 4.72 Å². The summed E-state index contributed by atoms with van der Waals surface area (Å²) in [4.78, 5) is -0.579.